The minimum absolute atomic E-state index is 0.134. The fourth-order valence-electron chi connectivity index (χ4n) is 3.42. The molecule has 0 fully saturated rings. The lowest BCUT2D eigenvalue weighted by atomic mass is 10.0. The van der Waals surface area contributed by atoms with Gasteiger partial charge in [-0.25, -0.2) is 4.39 Å². The fraction of sp³-hybridized carbons (Fsp3) is 0.154. The Morgan fingerprint density at radius 1 is 0.971 bits per heavy atom. The molecule has 1 heterocycles. The van der Waals surface area contributed by atoms with Crippen LogP contribution in [0.4, 0.5) is 15.2 Å². The molecule has 0 saturated heterocycles. The molecule has 9 heteroatoms. The molecule has 4 aromatic rings. The van der Waals surface area contributed by atoms with Gasteiger partial charge in [0.2, 0.25) is 11.0 Å². The second kappa shape index (κ2) is 10.9. The summed E-state index contributed by atoms with van der Waals surface area (Å²) in [6, 6.07) is 21.6. The first-order chi connectivity index (χ1) is 16.9. The maximum absolute atomic E-state index is 13.6. The summed E-state index contributed by atoms with van der Waals surface area (Å²) in [5.41, 5.74) is 2.94. The van der Waals surface area contributed by atoms with Crippen LogP contribution < -0.4 is 15.5 Å². The normalized spacial score (nSPS) is 11.5. The summed E-state index contributed by atoms with van der Waals surface area (Å²) in [5.74, 6) is -1.51. The Morgan fingerprint density at radius 3 is 2.40 bits per heavy atom. The van der Waals surface area contributed by atoms with Gasteiger partial charge in [0.25, 0.3) is 5.91 Å². The number of amides is 2. The van der Waals surface area contributed by atoms with Crippen molar-refractivity contribution in [1.29, 1.82) is 0 Å². The lowest BCUT2D eigenvalue weighted by Crippen LogP contribution is -2.45. The van der Waals surface area contributed by atoms with Crippen molar-refractivity contribution in [3.8, 4) is 10.6 Å². The Balaban J connectivity index is 1.50. The maximum atomic E-state index is 13.6. The van der Waals surface area contributed by atoms with E-state index in [9.17, 15) is 14.0 Å². The monoisotopic (exact) mass is 489 g/mol. The van der Waals surface area contributed by atoms with Crippen LogP contribution in [0, 0.1) is 5.82 Å². The molecule has 0 radical (unpaired) electrons. The molecule has 0 saturated carbocycles. The topological polar surface area (TPSA) is 87.2 Å². The third-order valence-corrected chi connectivity index (χ3v) is 6.16. The summed E-state index contributed by atoms with van der Waals surface area (Å²) >= 11 is 1.24. The Hall–Kier alpha value is -4.11. The zero-order chi connectivity index (χ0) is 24.8. The molecule has 0 spiro atoms. The van der Waals surface area contributed by atoms with E-state index in [0.717, 1.165) is 22.9 Å². The molecular formula is C26H24FN5O2S. The molecule has 3 aromatic carbocycles. The second-order valence-corrected chi connectivity index (χ2v) is 9.05. The van der Waals surface area contributed by atoms with E-state index in [4.69, 9.17) is 0 Å². The van der Waals surface area contributed by atoms with E-state index < -0.39 is 23.7 Å². The van der Waals surface area contributed by atoms with E-state index >= 15 is 0 Å². The van der Waals surface area contributed by atoms with Crippen LogP contribution in [-0.2, 0) is 11.2 Å². The minimum atomic E-state index is -0.903. The summed E-state index contributed by atoms with van der Waals surface area (Å²) < 4.78 is 13.6. The SMILES string of the molecule is CN(C)c1ccc(-c2nnc(NC(=O)C(Cc3ccccc3)NC(=O)c3cccc(F)c3)s2)cc1. The van der Waals surface area contributed by atoms with Gasteiger partial charge in [-0.1, -0.05) is 47.7 Å². The van der Waals surface area contributed by atoms with Crippen LogP contribution in [0.3, 0.4) is 0 Å². The van der Waals surface area contributed by atoms with Gasteiger partial charge in [0.1, 0.15) is 16.9 Å². The zero-order valence-corrected chi connectivity index (χ0v) is 20.1. The van der Waals surface area contributed by atoms with Crippen molar-refractivity contribution < 1.29 is 14.0 Å². The second-order valence-electron chi connectivity index (χ2n) is 8.07. The largest absolute Gasteiger partial charge is 0.378 e. The average molecular weight is 490 g/mol. The van der Waals surface area contributed by atoms with Gasteiger partial charge in [0.05, 0.1) is 0 Å². The van der Waals surface area contributed by atoms with E-state index in [1.165, 1.54) is 29.5 Å². The van der Waals surface area contributed by atoms with Gasteiger partial charge < -0.3 is 10.2 Å². The third kappa shape index (κ3) is 6.27. The van der Waals surface area contributed by atoms with Crippen molar-refractivity contribution in [2.24, 2.45) is 0 Å². The van der Waals surface area contributed by atoms with Crippen LogP contribution in [0.1, 0.15) is 15.9 Å². The van der Waals surface area contributed by atoms with Crippen LogP contribution in [0.25, 0.3) is 10.6 Å². The lowest BCUT2D eigenvalue weighted by molar-refractivity contribution is -0.118. The molecule has 178 valence electrons. The highest BCUT2D eigenvalue weighted by molar-refractivity contribution is 7.18. The van der Waals surface area contributed by atoms with Crippen LogP contribution in [0.2, 0.25) is 0 Å². The number of benzene rings is 3. The predicted molar refractivity (Wildman–Crippen MR) is 136 cm³/mol. The van der Waals surface area contributed by atoms with Crippen LogP contribution in [0.5, 0.6) is 0 Å². The van der Waals surface area contributed by atoms with Gasteiger partial charge in [-0.3, -0.25) is 14.9 Å². The first kappa shape index (κ1) is 24.0. The Morgan fingerprint density at radius 2 is 1.71 bits per heavy atom. The number of rotatable bonds is 8. The van der Waals surface area contributed by atoms with Crippen LogP contribution in [0.15, 0.2) is 78.9 Å². The standard InChI is InChI=1S/C26H24FN5O2S/c1-32(2)21-13-11-18(12-14-21)25-30-31-26(35-25)29-24(34)22(15-17-7-4-3-5-8-17)28-23(33)19-9-6-10-20(27)16-19/h3-14,16,22H,15H2,1-2H3,(H,28,33)(H,29,31,34). The number of nitrogens with one attached hydrogen (secondary N) is 2. The first-order valence-corrected chi connectivity index (χ1v) is 11.7. The smallest absolute Gasteiger partial charge is 0.252 e. The van der Waals surface area contributed by atoms with Crippen molar-refractivity contribution in [3.63, 3.8) is 0 Å². The highest BCUT2D eigenvalue weighted by atomic mass is 32.1. The van der Waals surface area contributed by atoms with E-state index in [1.807, 2.05) is 73.6 Å². The van der Waals surface area contributed by atoms with Crippen LogP contribution >= 0.6 is 11.3 Å². The van der Waals surface area contributed by atoms with Crippen molar-refractivity contribution in [2.45, 2.75) is 12.5 Å². The van der Waals surface area contributed by atoms with Crippen molar-refractivity contribution >= 4 is 34.0 Å². The van der Waals surface area contributed by atoms with E-state index in [0.29, 0.717) is 10.1 Å². The maximum Gasteiger partial charge on any atom is 0.252 e. The number of carbonyl (C=O) groups excluding carboxylic acids is 2. The Labute approximate surface area is 206 Å². The van der Waals surface area contributed by atoms with Crippen molar-refractivity contribution in [3.05, 3.63) is 95.8 Å². The molecule has 7 nitrogen and oxygen atoms in total. The van der Waals surface area contributed by atoms with Gasteiger partial charge in [0, 0.05) is 37.3 Å². The average Bonchev–Trinajstić information content (AvgIpc) is 3.32. The number of hydrogen-bond acceptors (Lipinski definition) is 6. The Bertz CT molecular complexity index is 1310. The molecule has 1 unspecified atom stereocenters. The highest BCUT2D eigenvalue weighted by Crippen LogP contribution is 2.28. The first-order valence-electron chi connectivity index (χ1n) is 10.9. The zero-order valence-electron chi connectivity index (χ0n) is 19.2. The number of nitrogens with zero attached hydrogens (tertiary/aromatic N) is 3. The van der Waals surface area contributed by atoms with Gasteiger partial charge in [-0.2, -0.15) is 0 Å². The summed E-state index contributed by atoms with van der Waals surface area (Å²) in [4.78, 5) is 27.9. The molecule has 1 aromatic heterocycles. The Kier molecular flexibility index (Phi) is 7.47. The van der Waals surface area contributed by atoms with Gasteiger partial charge in [0.15, 0.2) is 0 Å². The fourth-order valence-corrected chi connectivity index (χ4v) is 4.17. The predicted octanol–water partition coefficient (Wildman–Crippen LogP) is 4.39. The third-order valence-electron chi connectivity index (χ3n) is 5.28. The number of carbonyl (C=O) groups is 2. The summed E-state index contributed by atoms with van der Waals surface area (Å²) in [6.45, 7) is 0. The molecule has 0 aliphatic carbocycles. The summed E-state index contributed by atoms with van der Waals surface area (Å²) in [5, 5.41) is 14.7. The molecular weight excluding hydrogens is 465 g/mol. The van der Waals surface area contributed by atoms with E-state index in [-0.39, 0.29) is 12.0 Å². The summed E-state index contributed by atoms with van der Waals surface area (Å²) in [7, 11) is 3.93. The van der Waals surface area contributed by atoms with E-state index in [1.54, 1.807) is 0 Å². The minimum Gasteiger partial charge on any atom is -0.378 e. The molecule has 0 aliphatic heterocycles. The number of hydrogen-bond donors (Lipinski definition) is 2. The molecule has 0 aliphatic rings. The number of halogens is 1. The van der Waals surface area contributed by atoms with Crippen molar-refractivity contribution in [1.82, 2.24) is 15.5 Å². The molecule has 1 atom stereocenters. The summed E-state index contributed by atoms with van der Waals surface area (Å²) in [6.07, 6.45) is 0.255. The van der Waals surface area contributed by atoms with Crippen molar-refractivity contribution in [2.75, 3.05) is 24.3 Å². The van der Waals surface area contributed by atoms with Gasteiger partial charge >= 0.3 is 0 Å². The molecule has 2 amide bonds. The van der Waals surface area contributed by atoms with Gasteiger partial charge in [-0.05, 0) is 48.0 Å². The molecule has 2 N–H and O–H groups in total. The van der Waals surface area contributed by atoms with Crippen LogP contribution in [-0.4, -0.2) is 42.1 Å². The van der Waals surface area contributed by atoms with E-state index in [2.05, 4.69) is 20.8 Å². The molecule has 4 rings (SSSR count). The number of aromatic nitrogens is 2. The lowest BCUT2D eigenvalue weighted by Gasteiger charge is -2.18. The quantitative estimate of drug-likeness (QED) is 0.383. The van der Waals surface area contributed by atoms with Gasteiger partial charge in [-0.15, -0.1) is 10.2 Å². The highest BCUT2D eigenvalue weighted by Gasteiger charge is 2.23. The molecule has 0 bridgehead atoms. The molecule has 35 heavy (non-hydrogen) atoms. The number of anilines is 2.